The average molecular weight is 345 g/mol. The maximum Gasteiger partial charge on any atom is 0.322 e. The Hall–Kier alpha value is -2.96. The van der Waals surface area contributed by atoms with Crippen LogP contribution in [0.15, 0.2) is 48.5 Å². The van der Waals surface area contributed by atoms with E-state index in [0.29, 0.717) is 31.1 Å². The van der Waals surface area contributed by atoms with Crippen LogP contribution in [0.5, 0.6) is 0 Å². The van der Waals surface area contributed by atoms with E-state index >= 15 is 0 Å². The molecular weight excluding hydrogens is 328 g/mol. The molecule has 2 aromatic carbocycles. The number of hydrogen-bond donors (Lipinski definition) is 2. The van der Waals surface area contributed by atoms with Gasteiger partial charge >= 0.3 is 6.03 Å². The van der Waals surface area contributed by atoms with E-state index in [4.69, 9.17) is 0 Å². The van der Waals surface area contributed by atoms with Crippen LogP contribution in [0, 0.1) is 11.6 Å². The minimum Gasteiger partial charge on any atom is -0.324 e. The number of rotatable bonds is 3. The van der Waals surface area contributed by atoms with Crippen LogP contribution in [0.25, 0.3) is 0 Å². The Labute approximate surface area is 143 Å². The number of amides is 3. The molecule has 25 heavy (non-hydrogen) atoms. The van der Waals surface area contributed by atoms with E-state index in [2.05, 4.69) is 10.6 Å². The van der Waals surface area contributed by atoms with E-state index < -0.39 is 23.7 Å². The van der Waals surface area contributed by atoms with Gasteiger partial charge in [-0.1, -0.05) is 18.2 Å². The molecule has 1 fully saturated rings. The molecule has 0 aliphatic carbocycles. The monoisotopic (exact) mass is 345 g/mol. The molecule has 1 saturated heterocycles. The Balaban J connectivity index is 1.68. The van der Waals surface area contributed by atoms with Gasteiger partial charge in [-0.2, -0.15) is 0 Å². The number of nitrogens with one attached hydrogen (secondary N) is 2. The summed E-state index contributed by atoms with van der Waals surface area (Å²) in [5, 5.41) is 5.16. The number of carbonyl (C=O) groups excluding carboxylic acids is 2. The van der Waals surface area contributed by atoms with Gasteiger partial charge in [-0.3, -0.25) is 4.79 Å². The summed E-state index contributed by atoms with van der Waals surface area (Å²) in [6.45, 7) is 0.390. The molecule has 0 saturated carbocycles. The summed E-state index contributed by atoms with van der Waals surface area (Å²) in [5.74, 6) is -1.88. The molecule has 0 radical (unpaired) electrons. The summed E-state index contributed by atoms with van der Waals surface area (Å²) >= 11 is 0. The van der Waals surface area contributed by atoms with E-state index in [9.17, 15) is 18.4 Å². The van der Waals surface area contributed by atoms with Crippen molar-refractivity contribution in [1.82, 2.24) is 4.90 Å². The van der Waals surface area contributed by atoms with Crippen molar-refractivity contribution in [3.05, 3.63) is 60.2 Å². The normalized spacial score (nSPS) is 16.6. The van der Waals surface area contributed by atoms with E-state index in [0.717, 1.165) is 12.1 Å². The number of anilines is 2. The number of likely N-dealkylation sites (tertiary alicyclic amines) is 1. The highest BCUT2D eigenvalue weighted by atomic mass is 19.1. The van der Waals surface area contributed by atoms with Crippen molar-refractivity contribution in [3.63, 3.8) is 0 Å². The second-order valence-corrected chi connectivity index (χ2v) is 5.76. The second kappa shape index (κ2) is 7.29. The van der Waals surface area contributed by atoms with E-state index in [-0.39, 0.29) is 11.6 Å². The molecular formula is C18H17F2N3O2. The van der Waals surface area contributed by atoms with Gasteiger partial charge < -0.3 is 15.5 Å². The van der Waals surface area contributed by atoms with Crippen molar-refractivity contribution in [2.45, 2.75) is 18.9 Å². The van der Waals surface area contributed by atoms with Gasteiger partial charge in [0.2, 0.25) is 5.91 Å². The van der Waals surface area contributed by atoms with Gasteiger partial charge in [0.15, 0.2) is 0 Å². The summed E-state index contributed by atoms with van der Waals surface area (Å²) < 4.78 is 26.6. The minimum absolute atomic E-state index is 0.125. The van der Waals surface area contributed by atoms with Gasteiger partial charge in [0, 0.05) is 18.3 Å². The van der Waals surface area contributed by atoms with Gasteiger partial charge in [0.1, 0.15) is 17.7 Å². The second-order valence-electron chi connectivity index (χ2n) is 5.76. The van der Waals surface area contributed by atoms with Crippen molar-refractivity contribution >= 4 is 23.3 Å². The highest BCUT2D eigenvalue weighted by Crippen LogP contribution is 2.22. The molecule has 2 N–H and O–H groups in total. The molecule has 1 heterocycles. The van der Waals surface area contributed by atoms with Crippen LogP contribution in [0.2, 0.25) is 0 Å². The lowest BCUT2D eigenvalue weighted by Crippen LogP contribution is -2.45. The molecule has 7 heteroatoms. The molecule has 5 nitrogen and oxygen atoms in total. The first-order valence-electron chi connectivity index (χ1n) is 7.93. The maximum atomic E-state index is 13.7. The standard InChI is InChI=1S/C18H17F2N3O2/c19-12-8-9-15(14(20)11-12)22-18(25)23-10-4-7-16(23)17(24)21-13-5-2-1-3-6-13/h1-3,5-6,8-9,11,16H,4,7,10H2,(H,21,24)(H,22,25)/t16-/m0/s1. The van der Waals surface area contributed by atoms with Gasteiger partial charge in [-0.15, -0.1) is 0 Å². The number of nitrogens with zero attached hydrogens (tertiary/aromatic N) is 1. The topological polar surface area (TPSA) is 61.4 Å². The lowest BCUT2D eigenvalue weighted by Gasteiger charge is -2.24. The molecule has 3 rings (SSSR count). The van der Waals surface area contributed by atoms with Crippen molar-refractivity contribution < 1.29 is 18.4 Å². The number of halogens is 2. The van der Waals surface area contributed by atoms with Crippen molar-refractivity contribution in [2.24, 2.45) is 0 Å². The molecule has 1 aliphatic rings. The molecule has 0 aromatic heterocycles. The fourth-order valence-electron chi connectivity index (χ4n) is 2.81. The van der Waals surface area contributed by atoms with Crippen LogP contribution in [0.4, 0.5) is 25.0 Å². The zero-order valence-electron chi connectivity index (χ0n) is 13.3. The van der Waals surface area contributed by atoms with E-state index in [1.165, 1.54) is 4.90 Å². The molecule has 1 aliphatic heterocycles. The molecule has 3 amide bonds. The Bertz CT molecular complexity index is 783. The zero-order valence-corrected chi connectivity index (χ0v) is 13.3. The Morgan fingerprint density at radius 1 is 1.04 bits per heavy atom. The third-order valence-corrected chi connectivity index (χ3v) is 4.03. The summed E-state index contributed by atoms with van der Waals surface area (Å²) in [7, 11) is 0. The third-order valence-electron chi connectivity index (χ3n) is 4.03. The summed E-state index contributed by atoms with van der Waals surface area (Å²) in [6.07, 6.45) is 1.20. The smallest absolute Gasteiger partial charge is 0.322 e. The van der Waals surface area contributed by atoms with Crippen LogP contribution in [0.1, 0.15) is 12.8 Å². The molecule has 1 atom stereocenters. The van der Waals surface area contributed by atoms with Gasteiger partial charge in [0.05, 0.1) is 5.69 Å². The third kappa shape index (κ3) is 3.93. The Kier molecular flexibility index (Phi) is 4.92. The number of para-hydroxylation sites is 1. The van der Waals surface area contributed by atoms with Gasteiger partial charge in [-0.05, 0) is 37.1 Å². The quantitative estimate of drug-likeness (QED) is 0.893. The van der Waals surface area contributed by atoms with Crippen molar-refractivity contribution in [2.75, 3.05) is 17.2 Å². The largest absolute Gasteiger partial charge is 0.324 e. The van der Waals surface area contributed by atoms with Gasteiger partial charge in [-0.25, -0.2) is 13.6 Å². The first-order valence-corrected chi connectivity index (χ1v) is 7.93. The highest BCUT2D eigenvalue weighted by molar-refractivity contribution is 5.99. The SMILES string of the molecule is O=C(Nc1ccccc1)[C@@H]1CCCN1C(=O)Nc1ccc(F)cc1F. The summed E-state index contributed by atoms with van der Waals surface area (Å²) in [5.41, 5.74) is 0.518. The van der Waals surface area contributed by atoms with Crippen molar-refractivity contribution in [3.8, 4) is 0 Å². The number of hydrogen-bond acceptors (Lipinski definition) is 2. The predicted molar refractivity (Wildman–Crippen MR) is 90.2 cm³/mol. The summed E-state index contributed by atoms with van der Waals surface area (Å²) in [4.78, 5) is 26.2. The fraction of sp³-hybridized carbons (Fsp3) is 0.222. The fourth-order valence-corrected chi connectivity index (χ4v) is 2.81. The molecule has 0 spiro atoms. The van der Waals surface area contributed by atoms with Crippen LogP contribution >= 0.6 is 0 Å². The number of benzene rings is 2. The van der Waals surface area contributed by atoms with Gasteiger partial charge in [0.25, 0.3) is 0 Å². The van der Waals surface area contributed by atoms with Crippen LogP contribution in [-0.4, -0.2) is 29.4 Å². The van der Waals surface area contributed by atoms with Crippen molar-refractivity contribution in [1.29, 1.82) is 0 Å². The zero-order chi connectivity index (χ0) is 17.8. The Morgan fingerprint density at radius 2 is 1.80 bits per heavy atom. The molecule has 0 unspecified atom stereocenters. The lowest BCUT2D eigenvalue weighted by molar-refractivity contribution is -0.119. The lowest BCUT2D eigenvalue weighted by atomic mass is 10.2. The van der Waals surface area contributed by atoms with Crippen LogP contribution in [0.3, 0.4) is 0 Å². The van der Waals surface area contributed by atoms with Crippen LogP contribution < -0.4 is 10.6 Å². The van der Waals surface area contributed by atoms with E-state index in [1.54, 1.807) is 24.3 Å². The first kappa shape index (κ1) is 16.9. The number of urea groups is 1. The minimum atomic E-state index is -0.863. The predicted octanol–water partition coefficient (Wildman–Crippen LogP) is 3.60. The number of carbonyl (C=O) groups is 2. The summed E-state index contributed by atoms with van der Waals surface area (Å²) in [6, 6.07) is 10.6. The van der Waals surface area contributed by atoms with E-state index in [1.807, 2.05) is 6.07 Å². The maximum absolute atomic E-state index is 13.7. The first-order chi connectivity index (χ1) is 12.0. The highest BCUT2D eigenvalue weighted by Gasteiger charge is 2.34. The molecule has 130 valence electrons. The molecule has 2 aromatic rings. The average Bonchev–Trinajstić information content (AvgIpc) is 3.08. The molecule has 0 bridgehead atoms. The van der Waals surface area contributed by atoms with Crippen LogP contribution in [-0.2, 0) is 4.79 Å². The Morgan fingerprint density at radius 3 is 2.52 bits per heavy atom.